The molecule has 1 aliphatic heterocycles. The first-order valence-corrected chi connectivity index (χ1v) is 13.1. The highest BCUT2D eigenvalue weighted by Gasteiger charge is 2.27. The lowest BCUT2D eigenvalue weighted by Gasteiger charge is -2.35. The van der Waals surface area contributed by atoms with Crippen molar-refractivity contribution in [3.05, 3.63) is 59.7 Å². The van der Waals surface area contributed by atoms with Crippen LogP contribution in [-0.2, 0) is 11.2 Å². The summed E-state index contributed by atoms with van der Waals surface area (Å²) in [5.74, 6) is 1.68. The topological polar surface area (TPSA) is 71.1 Å². The zero-order valence-electron chi connectivity index (χ0n) is 21.8. The Morgan fingerprint density at radius 1 is 0.972 bits per heavy atom. The highest BCUT2D eigenvalue weighted by Crippen LogP contribution is 2.37. The molecule has 1 saturated heterocycles. The number of anilines is 1. The molecule has 3 amide bonds. The summed E-state index contributed by atoms with van der Waals surface area (Å²) in [6.45, 7) is 8.12. The summed E-state index contributed by atoms with van der Waals surface area (Å²) in [4.78, 5) is 28.2. The summed E-state index contributed by atoms with van der Waals surface area (Å²) in [7, 11) is 0. The number of urea groups is 1. The Bertz CT molecular complexity index is 1020. The number of nitrogens with zero attached hydrogens (tertiary/aromatic N) is 2. The molecule has 1 N–H and O–H groups in total. The Hall–Kier alpha value is -3.22. The van der Waals surface area contributed by atoms with Crippen molar-refractivity contribution >= 4 is 17.8 Å². The van der Waals surface area contributed by atoms with Gasteiger partial charge in [0.1, 0.15) is 11.4 Å². The zero-order valence-corrected chi connectivity index (χ0v) is 21.8. The van der Waals surface area contributed by atoms with Crippen molar-refractivity contribution in [3.63, 3.8) is 0 Å². The Morgan fingerprint density at radius 2 is 1.67 bits per heavy atom. The van der Waals surface area contributed by atoms with Gasteiger partial charge in [0.15, 0.2) is 0 Å². The fourth-order valence-corrected chi connectivity index (χ4v) is 4.44. The van der Waals surface area contributed by atoms with Crippen molar-refractivity contribution in [3.8, 4) is 5.75 Å². The number of hydrogen-bond acceptors (Lipinski definition) is 4. The van der Waals surface area contributed by atoms with Gasteiger partial charge in [-0.15, -0.1) is 0 Å². The van der Waals surface area contributed by atoms with Gasteiger partial charge in [0.2, 0.25) is 0 Å². The summed E-state index contributed by atoms with van der Waals surface area (Å²) in [5, 5.41) is 2.96. The number of amides is 3. The van der Waals surface area contributed by atoms with E-state index >= 15 is 0 Å². The average Bonchev–Trinajstić information content (AvgIpc) is 2.81. The smallest absolute Gasteiger partial charge is 0.410 e. The van der Waals surface area contributed by atoms with E-state index in [1.54, 1.807) is 9.80 Å². The minimum absolute atomic E-state index is 0.149. The van der Waals surface area contributed by atoms with Gasteiger partial charge >= 0.3 is 12.1 Å². The van der Waals surface area contributed by atoms with Crippen LogP contribution in [0.5, 0.6) is 5.75 Å². The molecule has 4 rings (SSSR count). The van der Waals surface area contributed by atoms with Gasteiger partial charge in [0.05, 0.1) is 6.61 Å². The van der Waals surface area contributed by atoms with Crippen LogP contribution in [0.3, 0.4) is 0 Å². The van der Waals surface area contributed by atoms with Crippen LogP contribution >= 0.6 is 0 Å². The van der Waals surface area contributed by atoms with Gasteiger partial charge in [-0.25, -0.2) is 9.59 Å². The van der Waals surface area contributed by atoms with Crippen LogP contribution in [0.1, 0.15) is 63.5 Å². The van der Waals surface area contributed by atoms with Crippen LogP contribution < -0.4 is 10.1 Å². The Morgan fingerprint density at radius 3 is 2.31 bits per heavy atom. The van der Waals surface area contributed by atoms with Crippen molar-refractivity contribution in [1.29, 1.82) is 0 Å². The molecule has 2 fully saturated rings. The maximum Gasteiger partial charge on any atom is 0.410 e. The molecule has 194 valence electrons. The van der Waals surface area contributed by atoms with Crippen molar-refractivity contribution in [1.82, 2.24) is 9.80 Å². The van der Waals surface area contributed by atoms with Crippen LogP contribution in [0, 0.1) is 0 Å². The normalized spacial score (nSPS) is 16.3. The van der Waals surface area contributed by atoms with E-state index in [-0.39, 0.29) is 12.1 Å². The molecule has 0 bridgehead atoms. The van der Waals surface area contributed by atoms with E-state index in [1.165, 1.54) is 30.4 Å². The number of rotatable bonds is 7. The summed E-state index contributed by atoms with van der Waals surface area (Å²) >= 11 is 0. The van der Waals surface area contributed by atoms with E-state index in [0.29, 0.717) is 32.8 Å². The molecule has 1 aliphatic carbocycles. The lowest BCUT2D eigenvalue weighted by Crippen LogP contribution is -2.52. The van der Waals surface area contributed by atoms with Gasteiger partial charge in [0, 0.05) is 31.9 Å². The van der Waals surface area contributed by atoms with E-state index < -0.39 is 5.60 Å². The van der Waals surface area contributed by atoms with Gasteiger partial charge in [-0.3, -0.25) is 0 Å². The Labute approximate surface area is 214 Å². The van der Waals surface area contributed by atoms with Crippen LogP contribution in [0.15, 0.2) is 48.5 Å². The van der Waals surface area contributed by atoms with Gasteiger partial charge in [-0.2, -0.15) is 0 Å². The monoisotopic (exact) mass is 493 g/mol. The van der Waals surface area contributed by atoms with Gasteiger partial charge in [0.25, 0.3) is 0 Å². The molecule has 0 aromatic heterocycles. The quantitative estimate of drug-likeness (QED) is 0.477. The number of carbonyl (C=O) groups excluding carboxylic acids is 2. The second-order valence-corrected chi connectivity index (χ2v) is 10.7. The first-order valence-electron chi connectivity index (χ1n) is 13.1. The molecule has 0 spiro atoms. The molecule has 2 aromatic rings. The molecule has 0 atom stereocenters. The van der Waals surface area contributed by atoms with Crippen LogP contribution in [0.4, 0.5) is 15.3 Å². The predicted octanol–water partition coefficient (Wildman–Crippen LogP) is 6.05. The maximum absolute atomic E-state index is 12.7. The van der Waals surface area contributed by atoms with E-state index in [1.807, 2.05) is 51.1 Å². The minimum Gasteiger partial charge on any atom is -0.494 e. The number of aryl methyl sites for hydroxylation is 1. The summed E-state index contributed by atoms with van der Waals surface area (Å²) in [6.07, 6.45) is 5.45. The van der Waals surface area contributed by atoms with Crippen molar-refractivity contribution < 1.29 is 19.1 Å². The zero-order chi connectivity index (χ0) is 25.5. The summed E-state index contributed by atoms with van der Waals surface area (Å²) < 4.78 is 11.4. The van der Waals surface area contributed by atoms with Crippen LogP contribution in [0.2, 0.25) is 0 Å². The highest BCUT2D eigenvalue weighted by molar-refractivity contribution is 5.89. The third kappa shape index (κ3) is 7.39. The molecule has 2 aromatic carbocycles. The Kier molecular flexibility index (Phi) is 8.39. The number of hydrogen-bond donors (Lipinski definition) is 1. The molecule has 2 aliphatic rings. The average molecular weight is 494 g/mol. The fourth-order valence-electron chi connectivity index (χ4n) is 4.44. The van der Waals surface area contributed by atoms with Crippen LogP contribution in [-0.4, -0.2) is 60.3 Å². The third-order valence-corrected chi connectivity index (χ3v) is 6.74. The highest BCUT2D eigenvalue weighted by atomic mass is 16.6. The van der Waals surface area contributed by atoms with Gasteiger partial charge in [-0.1, -0.05) is 30.7 Å². The van der Waals surface area contributed by atoms with E-state index in [4.69, 9.17) is 9.47 Å². The lowest BCUT2D eigenvalue weighted by atomic mass is 9.80. The molecule has 0 unspecified atom stereocenters. The maximum atomic E-state index is 12.7. The van der Waals surface area contributed by atoms with Crippen LogP contribution in [0.25, 0.3) is 0 Å². The molecular weight excluding hydrogens is 454 g/mol. The summed E-state index contributed by atoms with van der Waals surface area (Å²) in [5.41, 5.74) is 2.86. The largest absolute Gasteiger partial charge is 0.494 e. The van der Waals surface area contributed by atoms with E-state index in [2.05, 4.69) is 23.5 Å². The third-order valence-electron chi connectivity index (χ3n) is 6.74. The molecule has 0 radical (unpaired) electrons. The number of ether oxygens (including phenoxy) is 2. The molecule has 7 nitrogen and oxygen atoms in total. The second-order valence-electron chi connectivity index (χ2n) is 10.7. The number of nitrogens with one attached hydrogen (secondary N) is 1. The first-order chi connectivity index (χ1) is 17.3. The first kappa shape index (κ1) is 25.9. The fraction of sp³-hybridized carbons (Fsp3) is 0.517. The number of piperazine rings is 1. The van der Waals surface area contributed by atoms with Crippen molar-refractivity contribution in [2.75, 3.05) is 38.1 Å². The van der Waals surface area contributed by atoms with Crippen molar-refractivity contribution in [2.24, 2.45) is 0 Å². The lowest BCUT2D eigenvalue weighted by molar-refractivity contribution is 0.0174. The molecule has 1 heterocycles. The number of benzene rings is 2. The molecule has 7 heteroatoms. The molecule has 36 heavy (non-hydrogen) atoms. The predicted molar refractivity (Wildman–Crippen MR) is 142 cm³/mol. The number of carbonyl (C=O) groups is 2. The second kappa shape index (κ2) is 11.7. The summed E-state index contributed by atoms with van der Waals surface area (Å²) in [6, 6.07) is 16.4. The minimum atomic E-state index is -0.522. The SMILES string of the molecule is CC(C)(C)OC(=O)N1CCN(C(=O)Nc2ccc(CCCOc3cccc(C4CCC4)c3)cc2)CC1. The van der Waals surface area contributed by atoms with Gasteiger partial charge in [-0.05, 0) is 87.8 Å². The van der Waals surface area contributed by atoms with Gasteiger partial charge < -0.3 is 24.6 Å². The Balaban J connectivity index is 1.15. The standard InChI is InChI=1S/C29H39N3O4/c1-29(2,3)36-28(34)32-18-16-31(17-19-32)27(33)30-25-14-12-22(13-15-25)7-6-20-35-26-11-5-10-24(21-26)23-8-4-9-23/h5,10-15,21,23H,4,6-9,16-20H2,1-3H3,(H,30,33). The molecule has 1 saturated carbocycles. The molecular formula is C29H39N3O4. The van der Waals surface area contributed by atoms with Crippen molar-refractivity contribution in [2.45, 2.75) is 64.4 Å². The van der Waals surface area contributed by atoms with E-state index in [9.17, 15) is 9.59 Å². The van der Waals surface area contributed by atoms with E-state index in [0.717, 1.165) is 30.2 Å².